The first-order chi connectivity index (χ1) is 15.3. The molecule has 0 spiro atoms. The van der Waals surface area contributed by atoms with Gasteiger partial charge < -0.3 is 18.9 Å². The minimum Gasteiger partial charge on any atom is -0.496 e. The van der Waals surface area contributed by atoms with E-state index < -0.39 is 15.8 Å². The van der Waals surface area contributed by atoms with Gasteiger partial charge in [0.1, 0.15) is 22.9 Å². The van der Waals surface area contributed by atoms with Crippen LogP contribution in [0, 0.1) is 4.78 Å². The summed E-state index contributed by atoms with van der Waals surface area (Å²) in [5.41, 5.74) is 0.621. The van der Waals surface area contributed by atoms with Crippen LogP contribution in [0.2, 0.25) is 0 Å². The van der Waals surface area contributed by atoms with Crippen molar-refractivity contribution >= 4 is 15.8 Å². The molecule has 1 amide bonds. The summed E-state index contributed by atoms with van der Waals surface area (Å²) in [5.74, 6) is -0.0931. The second-order valence-electron chi connectivity index (χ2n) is 6.42. The van der Waals surface area contributed by atoms with E-state index in [9.17, 15) is 9.00 Å². The maximum Gasteiger partial charge on any atom is 0.282 e. The predicted molar refractivity (Wildman–Crippen MR) is 115 cm³/mol. The number of amides is 1. The van der Waals surface area contributed by atoms with Crippen LogP contribution in [-0.4, -0.2) is 53.3 Å². The SMILES string of the molecule is COc1cc(OC)c([S@](=N)(=O)NC(=O)c2ccc(Cn3cccn3)c(OC)n2)c(OC)c1. The summed E-state index contributed by atoms with van der Waals surface area (Å²) in [4.78, 5) is 16.9. The lowest BCUT2D eigenvalue weighted by atomic mass is 10.2. The number of nitrogens with one attached hydrogen (secondary N) is 2. The third kappa shape index (κ3) is 4.75. The van der Waals surface area contributed by atoms with Gasteiger partial charge in [-0.15, -0.1) is 0 Å². The maximum atomic E-state index is 13.2. The average molecular weight is 462 g/mol. The van der Waals surface area contributed by atoms with Crippen molar-refractivity contribution in [3.63, 3.8) is 0 Å². The third-order valence-corrected chi connectivity index (χ3v) is 5.90. The Bertz CT molecular complexity index is 1190. The normalized spacial score (nSPS) is 12.5. The Hall–Kier alpha value is -3.80. The summed E-state index contributed by atoms with van der Waals surface area (Å²) in [6, 6.07) is 7.79. The second-order valence-corrected chi connectivity index (χ2v) is 8.14. The molecule has 1 atom stereocenters. The summed E-state index contributed by atoms with van der Waals surface area (Å²) in [7, 11) is 1.68. The van der Waals surface area contributed by atoms with Crippen LogP contribution in [0.5, 0.6) is 23.1 Å². The highest BCUT2D eigenvalue weighted by Crippen LogP contribution is 2.37. The highest BCUT2D eigenvalue weighted by Gasteiger charge is 2.26. The molecule has 2 N–H and O–H groups in total. The zero-order valence-corrected chi connectivity index (χ0v) is 18.8. The molecular formula is C20H23N5O6S. The van der Waals surface area contributed by atoms with E-state index in [2.05, 4.69) is 14.8 Å². The van der Waals surface area contributed by atoms with Crippen LogP contribution in [0.15, 0.2) is 47.6 Å². The van der Waals surface area contributed by atoms with Gasteiger partial charge in [0.2, 0.25) is 5.88 Å². The van der Waals surface area contributed by atoms with Crippen LogP contribution in [0.1, 0.15) is 16.1 Å². The minimum atomic E-state index is -3.89. The molecule has 0 saturated heterocycles. The minimum absolute atomic E-state index is 0.0709. The van der Waals surface area contributed by atoms with E-state index in [0.29, 0.717) is 17.9 Å². The van der Waals surface area contributed by atoms with Crippen molar-refractivity contribution in [3.05, 3.63) is 54.0 Å². The van der Waals surface area contributed by atoms with Gasteiger partial charge >= 0.3 is 0 Å². The number of carbonyl (C=O) groups is 1. The Morgan fingerprint density at radius 3 is 2.31 bits per heavy atom. The predicted octanol–water partition coefficient (Wildman–Crippen LogP) is 2.11. The van der Waals surface area contributed by atoms with Gasteiger partial charge in [0, 0.05) is 30.1 Å². The Morgan fingerprint density at radius 1 is 1.09 bits per heavy atom. The molecule has 0 aliphatic rings. The number of hydrogen-bond acceptors (Lipinski definition) is 9. The third-order valence-electron chi connectivity index (χ3n) is 4.45. The second kappa shape index (κ2) is 9.56. The Labute approximate surface area is 185 Å². The van der Waals surface area contributed by atoms with Gasteiger partial charge in [-0.1, -0.05) is 0 Å². The van der Waals surface area contributed by atoms with Gasteiger partial charge in [0.15, 0.2) is 14.8 Å². The lowest BCUT2D eigenvalue weighted by molar-refractivity contribution is 0.0976. The molecule has 0 fully saturated rings. The van der Waals surface area contributed by atoms with E-state index in [1.54, 1.807) is 29.2 Å². The number of aromatic nitrogens is 3. The molecule has 0 unspecified atom stereocenters. The molecule has 2 aromatic heterocycles. The zero-order chi connectivity index (χ0) is 23.3. The van der Waals surface area contributed by atoms with Gasteiger partial charge in [0.25, 0.3) is 5.91 Å². The van der Waals surface area contributed by atoms with Gasteiger partial charge in [-0.25, -0.2) is 14.0 Å². The molecule has 3 aromatic rings. The summed E-state index contributed by atoms with van der Waals surface area (Å²) < 4.78 is 46.4. The number of rotatable bonds is 9. The average Bonchev–Trinajstić information content (AvgIpc) is 3.30. The molecular weight excluding hydrogens is 438 g/mol. The summed E-state index contributed by atoms with van der Waals surface area (Å²) in [6.45, 7) is 0.389. The first kappa shape index (κ1) is 22.9. The van der Waals surface area contributed by atoms with Crippen molar-refractivity contribution in [2.24, 2.45) is 0 Å². The fourth-order valence-corrected chi connectivity index (χ4v) is 4.27. The molecule has 1 aromatic carbocycles. The number of carbonyl (C=O) groups excluding carboxylic acids is 1. The lowest BCUT2D eigenvalue weighted by Gasteiger charge is -2.17. The molecule has 0 aliphatic carbocycles. The highest BCUT2D eigenvalue weighted by molar-refractivity contribution is 7.91. The van der Waals surface area contributed by atoms with Gasteiger partial charge in [-0.3, -0.25) is 14.2 Å². The van der Waals surface area contributed by atoms with Crippen molar-refractivity contribution in [1.29, 1.82) is 4.78 Å². The summed E-state index contributed by atoms with van der Waals surface area (Å²) >= 11 is 0. The Kier molecular flexibility index (Phi) is 6.83. The van der Waals surface area contributed by atoms with Crippen LogP contribution in [-0.2, 0) is 16.5 Å². The number of pyridine rings is 1. The van der Waals surface area contributed by atoms with Crippen molar-refractivity contribution in [2.45, 2.75) is 11.4 Å². The van der Waals surface area contributed by atoms with E-state index in [1.807, 2.05) is 0 Å². The van der Waals surface area contributed by atoms with Gasteiger partial charge in [0.05, 0.1) is 35.0 Å². The fourth-order valence-electron chi connectivity index (χ4n) is 2.95. The number of hydrogen-bond donors (Lipinski definition) is 2. The molecule has 3 rings (SSSR count). The molecule has 2 heterocycles. The van der Waals surface area contributed by atoms with Crippen molar-refractivity contribution in [2.75, 3.05) is 28.4 Å². The monoisotopic (exact) mass is 461 g/mol. The van der Waals surface area contributed by atoms with Crippen LogP contribution in [0.3, 0.4) is 0 Å². The van der Waals surface area contributed by atoms with E-state index in [1.165, 1.54) is 46.6 Å². The Morgan fingerprint density at radius 2 is 1.78 bits per heavy atom. The van der Waals surface area contributed by atoms with E-state index in [4.69, 9.17) is 23.7 Å². The summed E-state index contributed by atoms with van der Waals surface area (Å²) in [6.07, 6.45) is 3.43. The summed E-state index contributed by atoms with van der Waals surface area (Å²) in [5, 5.41) is 4.13. The molecule has 0 radical (unpaired) electrons. The molecule has 32 heavy (non-hydrogen) atoms. The smallest absolute Gasteiger partial charge is 0.282 e. The first-order valence-corrected chi connectivity index (χ1v) is 10.8. The van der Waals surface area contributed by atoms with Crippen molar-refractivity contribution in [3.8, 4) is 23.1 Å². The quantitative estimate of drug-likeness (QED) is 0.494. The number of ether oxygens (including phenoxy) is 4. The molecule has 0 bridgehead atoms. The van der Waals surface area contributed by atoms with Crippen LogP contribution >= 0.6 is 0 Å². The van der Waals surface area contributed by atoms with Crippen LogP contribution in [0.25, 0.3) is 0 Å². The van der Waals surface area contributed by atoms with E-state index in [-0.39, 0.29) is 28.0 Å². The van der Waals surface area contributed by atoms with Gasteiger partial charge in [-0.2, -0.15) is 5.10 Å². The van der Waals surface area contributed by atoms with Crippen LogP contribution in [0.4, 0.5) is 0 Å². The van der Waals surface area contributed by atoms with Gasteiger partial charge in [-0.05, 0) is 18.2 Å². The molecule has 170 valence electrons. The molecule has 0 aliphatic heterocycles. The fraction of sp³-hybridized carbons (Fsp3) is 0.250. The highest BCUT2D eigenvalue weighted by atomic mass is 32.2. The lowest BCUT2D eigenvalue weighted by Crippen LogP contribution is -2.31. The number of nitrogens with zero attached hydrogens (tertiary/aromatic N) is 3. The Balaban J connectivity index is 1.91. The molecule has 0 saturated carbocycles. The number of benzene rings is 1. The number of methoxy groups -OCH3 is 4. The molecule has 12 heteroatoms. The van der Waals surface area contributed by atoms with Crippen molar-refractivity contribution in [1.82, 2.24) is 19.5 Å². The van der Waals surface area contributed by atoms with Crippen molar-refractivity contribution < 1.29 is 28.0 Å². The maximum absolute atomic E-state index is 13.2. The topological polar surface area (TPSA) is 138 Å². The first-order valence-electron chi connectivity index (χ1n) is 9.25. The molecule has 11 nitrogen and oxygen atoms in total. The van der Waals surface area contributed by atoms with E-state index in [0.717, 1.165) is 0 Å². The largest absolute Gasteiger partial charge is 0.496 e. The zero-order valence-electron chi connectivity index (χ0n) is 17.9. The van der Waals surface area contributed by atoms with Crippen LogP contribution < -0.4 is 23.7 Å². The standard InChI is InChI=1S/C20H23N5O6S/c1-28-14-10-16(29-2)18(17(11-14)30-3)32(21,27)24-19(26)15-7-6-13(20(23-15)31-4)12-25-9-5-8-22-25/h5-11H,12H2,1-4H3,(H2,21,24,26,27)/t32-/m1/s1. The van der Waals surface area contributed by atoms with E-state index >= 15 is 0 Å².